The Morgan fingerprint density at radius 3 is 2.30 bits per heavy atom. The highest BCUT2D eigenvalue weighted by atomic mass is 32.2. The van der Waals surface area contributed by atoms with Crippen LogP contribution in [0.25, 0.3) is 0 Å². The van der Waals surface area contributed by atoms with E-state index in [4.69, 9.17) is 4.74 Å². The van der Waals surface area contributed by atoms with Crippen LogP contribution in [0.3, 0.4) is 0 Å². The number of rotatable bonds is 4. The Labute approximate surface area is 164 Å². The molecule has 1 aliphatic rings. The molecule has 3 rings (SSSR count). The van der Waals surface area contributed by atoms with E-state index < -0.39 is 5.41 Å². The van der Waals surface area contributed by atoms with Crippen LogP contribution in [-0.2, 0) is 9.59 Å². The highest BCUT2D eigenvalue weighted by Gasteiger charge is 2.34. The number of nitrogens with zero attached hydrogens (tertiary/aromatic N) is 1. The standard InChI is InChI=1S/C21H24N2O3S/c1-21(2,3)20(25)22-15-7-5-14(6-8-15)19-23(18(24)13-27-19)16-9-11-17(26-4)12-10-16/h5-12,19H,13H2,1-4H3,(H,22,25). The Kier molecular flexibility index (Phi) is 5.46. The molecule has 6 heteroatoms. The maximum absolute atomic E-state index is 12.5. The summed E-state index contributed by atoms with van der Waals surface area (Å²) >= 11 is 1.60. The lowest BCUT2D eigenvalue weighted by Gasteiger charge is -2.25. The molecule has 1 N–H and O–H groups in total. The molecule has 2 amide bonds. The van der Waals surface area contributed by atoms with Gasteiger partial charge in [0.1, 0.15) is 11.1 Å². The topological polar surface area (TPSA) is 58.6 Å². The second kappa shape index (κ2) is 7.64. The highest BCUT2D eigenvalue weighted by molar-refractivity contribution is 8.00. The second-order valence-corrected chi connectivity index (χ2v) is 8.52. The van der Waals surface area contributed by atoms with Gasteiger partial charge in [0.05, 0.1) is 12.9 Å². The van der Waals surface area contributed by atoms with Gasteiger partial charge in [-0.2, -0.15) is 0 Å². The molecule has 1 saturated heterocycles. The maximum Gasteiger partial charge on any atom is 0.238 e. The minimum atomic E-state index is -0.447. The van der Waals surface area contributed by atoms with Crippen LogP contribution in [-0.4, -0.2) is 24.7 Å². The summed E-state index contributed by atoms with van der Waals surface area (Å²) in [4.78, 5) is 26.4. The van der Waals surface area contributed by atoms with E-state index >= 15 is 0 Å². The average Bonchev–Trinajstić information content (AvgIpc) is 3.03. The first-order chi connectivity index (χ1) is 12.8. The van der Waals surface area contributed by atoms with Crippen molar-refractivity contribution in [2.24, 2.45) is 5.41 Å². The quantitative estimate of drug-likeness (QED) is 0.846. The van der Waals surface area contributed by atoms with Crippen molar-refractivity contribution in [1.29, 1.82) is 0 Å². The van der Waals surface area contributed by atoms with Gasteiger partial charge in [0.25, 0.3) is 0 Å². The Hall–Kier alpha value is -2.47. The third-order valence-electron chi connectivity index (χ3n) is 4.35. The number of thioether (sulfide) groups is 1. The van der Waals surface area contributed by atoms with Gasteiger partial charge < -0.3 is 10.1 Å². The van der Waals surface area contributed by atoms with Gasteiger partial charge in [-0.1, -0.05) is 32.9 Å². The second-order valence-electron chi connectivity index (χ2n) is 7.45. The molecule has 2 aromatic rings. The van der Waals surface area contributed by atoms with Gasteiger partial charge in [-0.05, 0) is 42.0 Å². The smallest absolute Gasteiger partial charge is 0.238 e. The van der Waals surface area contributed by atoms with E-state index in [1.54, 1.807) is 18.9 Å². The van der Waals surface area contributed by atoms with Gasteiger partial charge in [0.15, 0.2) is 0 Å². The number of hydrogen-bond acceptors (Lipinski definition) is 4. The molecule has 0 aliphatic carbocycles. The Morgan fingerprint density at radius 2 is 1.74 bits per heavy atom. The summed E-state index contributed by atoms with van der Waals surface area (Å²) in [6.45, 7) is 5.64. The molecular weight excluding hydrogens is 360 g/mol. The lowest BCUT2D eigenvalue weighted by molar-refractivity contribution is -0.123. The molecule has 1 unspecified atom stereocenters. The summed E-state index contributed by atoms with van der Waals surface area (Å²) in [5.74, 6) is 1.26. The van der Waals surface area contributed by atoms with E-state index in [0.717, 1.165) is 22.7 Å². The fraction of sp³-hybridized carbons (Fsp3) is 0.333. The largest absolute Gasteiger partial charge is 0.497 e. The van der Waals surface area contributed by atoms with Crippen molar-refractivity contribution in [1.82, 2.24) is 0 Å². The monoisotopic (exact) mass is 384 g/mol. The van der Waals surface area contributed by atoms with Crippen molar-refractivity contribution in [2.75, 3.05) is 23.1 Å². The SMILES string of the molecule is COc1ccc(N2C(=O)CSC2c2ccc(NC(=O)C(C)(C)C)cc2)cc1. The van der Waals surface area contributed by atoms with E-state index in [0.29, 0.717) is 5.75 Å². The first-order valence-corrected chi connectivity index (χ1v) is 9.83. The van der Waals surface area contributed by atoms with Crippen molar-refractivity contribution in [2.45, 2.75) is 26.1 Å². The van der Waals surface area contributed by atoms with Gasteiger partial charge in [-0.3, -0.25) is 14.5 Å². The molecule has 2 aromatic carbocycles. The number of ether oxygens (including phenoxy) is 1. The third kappa shape index (κ3) is 4.27. The summed E-state index contributed by atoms with van der Waals surface area (Å²) < 4.78 is 5.20. The molecule has 142 valence electrons. The van der Waals surface area contributed by atoms with Crippen molar-refractivity contribution < 1.29 is 14.3 Å². The van der Waals surface area contributed by atoms with Gasteiger partial charge in [0, 0.05) is 16.8 Å². The summed E-state index contributed by atoms with van der Waals surface area (Å²) in [7, 11) is 1.62. The van der Waals surface area contributed by atoms with Gasteiger partial charge in [0.2, 0.25) is 11.8 Å². The molecule has 0 radical (unpaired) electrons. The predicted molar refractivity (Wildman–Crippen MR) is 110 cm³/mol. The molecule has 0 bridgehead atoms. The Morgan fingerprint density at radius 1 is 1.11 bits per heavy atom. The number of benzene rings is 2. The highest BCUT2D eigenvalue weighted by Crippen LogP contribution is 2.42. The normalized spacial score (nSPS) is 17.1. The van der Waals surface area contributed by atoms with E-state index in [2.05, 4.69) is 5.32 Å². The van der Waals surface area contributed by atoms with Crippen LogP contribution in [0, 0.1) is 5.41 Å². The zero-order chi connectivity index (χ0) is 19.6. The number of amides is 2. The molecule has 1 aliphatic heterocycles. The van der Waals surface area contributed by atoms with Crippen LogP contribution in [0.15, 0.2) is 48.5 Å². The van der Waals surface area contributed by atoms with Crippen LogP contribution in [0.1, 0.15) is 31.7 Å². The molecule has 27 heavy (non-hydrogen) atoms. The molecular formula is C21H24N2O3S. The number of nitrogens with one attached hydrogen (secondary N) is 1. The van der Waals surface area contributed by atoms with Gasteiger partial charge >= 0.3 is 0 Å². The van der Waals surface area contributed by atoms with Crippen LogP contribution < -0.4 is 15.0 Å². The van der Waals surface area contributed by atoms with Gasteiger partial charge in [-0.25, -0.2) is 0 Å². The lowest BCUT2D eigenvalue weighted by atomic mass is 9.95. The van der Waals surface area contributed by atoms with Crippen molar-refractivity contribution in [3.63, 3.8) is 0 Å². The van der Waals surface area contributed by atoms with E-state index in [1.165, 1.54) is 0 Å². The molecule has 0 saturated carbocycles. The van der Waals surface area contributed by atoms with Gasteiger partial charge in [-0.15, -0.1) is 11.8 Å². The maximum atomic E-state index is 12.5. The fourth-order valence-electron chi connectivity index (χ4n) is 2.74. The summed E-state index contributed by atoms with van der Waals surface area (Å²) in [5.41, 5.74) is 2.18. The molecule has 0 aromatic heterocycles. The molecule has 1 atom stereocenters. The molecule has 0 spiro atoms. The van der Waals surface area contributed by atoms with Crippen molar-refractivity contribution >= 4 is 35.0 Å². The third-order valence-corrected chi connectivity index (χ3v) is 5.57. The molecule has 1 fully saturated rings. The van der Waals surface area contributed by atoms with Crippen LogP contribution in [0.2, 0.25) is 0 Å². The van der Waals surface area contributed by atoms with Crippen molar-refractivity contribution in [3.8, 4) is 5.75 Å². The minimum absolute atomic E-state index is 0.0273. The molecule has 1 heterocycles. The van der Waals surface area contributed by atoms with E-state index in [9.17, 15) is 9.59 Å². The van der Waals surface area contributed by atoms with E-state index in [-0.39, 0.29) is 17.2 Å². The van der Waals surface area contributed by atoms with Crippen molar-refractivity contribution in [3.05, 3.63) is 54.1 Å². The van der Waals surface area contributed by atoms with E-state index in [1.807, 2.05) is 74.2 Å². The first-order valence-electron chi connectivity index (χ1n) is 8.79. The predicted octanol–water partition coefficient (Wildman–Crippen LogP) is 4.46. The van der Waals surface area contributed by atoms with Crippen LogP contribution >= 0.6 is 11.8 Å². The summed E-state index contributed by atoms with van der Waals surface area (Å²) in [6.07, 6.45) is 0. The van der Waals surface area contributed by atoms with Crippen LogP contribution in [0.4, 0.5) is 11.4 Å². The zero-order valence-corrected chi connectivity index (χ0v) is 16.8. The molecule has 5 nitrogen and oxygen atoms in total. The summed E-state index contributed by atoms with van der Waals surface area (Å²) in [5, 5.41) is 2.84. The Bertz CT molecular complexity index is 826. The average molecular weight is 385 g/mol. The minimum Gasteiger partial charge on any atom is -0.497 e. The number of hydrogen-bond donors (Lipinski definition) is 1. The first kappa shape index (κ1) is 19.3. The number of methoxy groups -OCH3 is 1. The summed E-state index contributed by atoms with van der Waals surface area (Å²) in [6, 6.07) is 15.2. The number of carbonyl (C=O) groups is 2. The Balaban J connectivity index is 1.79. The number of anilines is 2. The zero-order valence-electron chi connectivity index (χ0n) is 16.0. The van der Waals surface area contributed by atoms with Crippen LogP contribution in [0.5, 0.6) is 5.75 Å². The fourth-order valence-corrected chi connectivity index (χ4v) is 3.92. The number of carbonyl (C=O) groups excluding carboxylic acids is 2. The lowest BCUT2D eigenvalue weighted by Crippen LogP contribution is -2.28.